The lowest BCUT2D eigenvalue weighted by Crippen LogP contribution is -2.39. The first-order valence-corrected chi connectivity index (χ1v) is 15.1. The van der Waals surface area contributed by atoms with E-state index in [0.717, 1.165) is 10.9 Å². The number of aliphatic hydroxyl groups is 2. The van der Waals surface area contributed by atoms with Crippen LogP contribution in [0, 0.1) is 0 Å². The molecule has 12 nitrogen and oxygen atoms in total. The molecule has 0 saturated carbocycles. The lowest BCUT2D eigenvalue weighted by molar-refractivity contribution is -0.0604. The Balaban J connectivity index is 1.34. The summed E-state index contributed by atoms with van der Waals surface area (Å²) < 4.78 is 7.85. The molecule has 1 fully saturated rings. The van der Waals surface area contributed by atoms with Crippen molar-refractivity contribution in [3.05, 3.63) is 104 Å². The highest BCUT2D eigenvalue weighted by Gasteiger charge is 2.21. The maximum Gasteiger partial charge on any atom is 0.290 e. The number of hydrogen-bond acceptors (Lipinski definition) is 10. The third-order valence-electron chi connectivity index (χ3n) is 8.27. The molecule has 0 aliphatic carbocycles. The standard InChI is InChI=1S/C34H37N7O5/c1-34(2,3)23-9-10-24-22(16-23)19-36-41(32(24)44)29-7-5-6-25(26(29)20-42)27-17-28(33(45)39(4)38-27)37-30-11-8-21(18-35-30)31(43)40-12-14-46-15-13-40/h5-11,16-19,31,42-43H,12-15,20H2,1-4H3,(H,35,37). The van der Waals surface area contributed by atoms with Crippen LogP contribution in [-0.2, 0) is 23.8 Å². The normalized spacial score (nSPS) is 14.8. The second-order valence-electron chi connectivity index (χ2n) is 12.4. The molecule has 4 heterocycles. The van der Waals surface area contributed by atoms with Crippen LogP contribution in [0.4, 0.5) is 11.5 Å². The van der Waals surface area contributed by atoms with E-state index in [4.69, 9.17) is 4.74 Å². The Morgan fingerprint density at radius 2 is 1.78 bits per heavy atom. The van der Waals surface area contributed by atoms with Gasteiger partial charge in [0.25, 0.3) is 11.1 Å². The number of aromatic nitrogens is 5. The van der Waals surface area contributed by atoms with Crippen molar-refractivity contribution in [2.75, 3.05) is 31.6 Å². The van der Waals surface area contributed by atoms with Gasteiger partial charge in [-0.1, -0.05) is 39.0 Å². The molecule has 6 rings (SSSR count). The van der Waals surface area contributed by atoms with Gasteiger partial charge in [-0.25, -0.2) is 9.67 Å². The van der Waals surface area contributed by atoms with Crippen molar-refractivity contribution in [2.45, 2.75) is 39.0 Å². The number of ether oxygens (including phenoxy) is 1. The molecule has 3 N–H and O–H groups in total. The fraction of sp³-hybridized carbons (Fsp3) is 0.324. The van der Waals surface area contributed by atoms with Crippen LogP contribution in [0.15, 0.2) is 76.6 Å². The molecule has 1 unspecified atom stereocenters. The summed E-state index contributed by atoms with van der Waals surface area (Å²) in [4.78, 5) is 33.1. The predicted molar refractivity (Wildman–Crippen MR) is 175 cm³/mol. The van der Waals surface area contributed by atoms with Crippen molar-refractivity contribution in [2.24, 2.45) is 7.05 Å². The number of benzene rings is 2. The molecule has 2 aromatic carbocycles. The molecule has 0 spiro atoms. The van der Waals surface area contributed by atoms with E-state index >= 15 is 0 Å². The summed E-state index contributed by atoms with van der Waals surface area (Å²) in [5, 5.41) is 34.5. The first kappa shape index (κ1) is 31.2. The maximum absolute atomic E-state index is 13.6. The van der Waals surface area contributed by atoms with Crippen LogP contribution >= 0.6 is 0 Å². The zero-order chi connectivity index (χ0) is 32.6. The summed E-state index contributed by atoms with van der Waals surface area (Å²) >= 11 is 0. The highest BCUT2D eigenvalue weighted by Crippen LogP contribution is 2.29. The Kier molecular flexibility index (Phi) is 8.53. The quantitative estimate of drug-likeness (QED) is 0.246. The van der Waals surface area contributed by atoms with Crippen molar-refractivity contribution in [1.29, 1.82) is 0 Å². The second-order valence-corrected chi connectivity index (χ2v) is 12.4. The number of hydrogen-bond donors (Lipinski definition) is 3. The third kappa shape index (κ3) is 6.07. The Labute approximate surface area is 265 Å². The molecular weight excluding hydrogens is 586 g/mol. The smallest absolute Gasteiger partial charge is 0.290 e. The molecule has 1 aliphatic rings. The number of aliphatic hydroxyl groups excluding tert-OH is 2. The zero-order valence-corrected chi connectivity index (χ0v) is 26.3. The van der Waals surface area contributed by atoms with Gasteiger partial charge in [0, 0.05) is 48.4 Å². The molecule has 1 saturated heterocycles. The van der Waals surface area contributed by atoms with Gasteiger partial charge < -0.3 is 20.3 Å². The van der Waals surface area contributed by atoms with E-state index in [1.54, 1.807) is 48.8 Å². The largest absolute Gasteiger partial charge is 0.392 e. The minimum Gasteiger partial charge on any atom is -0.392 e. The van der Waals surface area contributed by atoms with Crippen molar-refractivity contribution in [3.63, 3.8) is 0 Å². The summed E-state index contributed by atoms with van der Waals surface area (Å²) in [6, 6.07) is 16.0. The molecule has 238 valence electrons. The number of fused-ring (bicyclic) bond motifs is 1. The van der Waals surface area contributed by atoms with Gasteiger partial charge in [-0.15, -0.1) is 0 Å². The van der Waals surface area contributed by atoms with Gasteiger partial charge >= 0.3 is 0 Å². The summed E-state index contributed by atoms with van der Waals surface area (Å²) in [6.07, 6.45) is 2.42. The van der Waals surface area contributed by atoms with Gasteiger partial charge in [-0.3, -0.25) is 14.5 Å². The van der Waals surface area contributed by atoms with Crippen molar-refractivity contribution >= 4 is 22.3 Å². The molecule has 12 heteroatoms. The molecule has 0 amide bonds. The fourth-order valence-electron chi connectivity index (χ4n) is 5.60. The number of anilines is 2. The highest BCUT2D eigenvalue weighted by molar-refractivity contribution is 5.82. The first-order chi connectivity index (χ1) is 22.0. The molecule has 3 aromatic heterocycles. The summed E-state index contributed by atoms with van der Waals surface area (Å²) in [7, 11) is 1.54. The average Bonchev–Trinajstić information content (AvgIpc) is 3.06. The van der Waals surface area contributed by atoms with Crippen LogP contribution in [0.25, 0.3) is 27.7 Å². The average molecular weight is 624 g/mol. The van der Waals surface area contributed by atoms with Crippen LogP contribution < -0.4 is 16.4 Å². The van der Waals surface area contributed by atoms with Crippen LogP contribution in [0.2, 0.25) is 0 Å². The molecule has 0 bridgehead atoms. The SMILES string of the molecule is Cn1nc(-c2cccc(-n3ncc4cc(C(C)(C)C)ccc4c3=O)c2CO)cc(Nc2ccc(C(O)N3CCOCC3)cn2)c1=O. The van der Waals surface area contributed by atoms with Gasteiger partial charge in [-0.2, -0.15) is 14.9 Å². The number of morpholine rings is 1. The lowest BCUT2D eigenvalue weighted by atomic mass is 9.86. The third-order valence-corrected chi connectivity index (χ3v) is 8.27. The van der Waals surface area contributed by atoms with Gasteiger partial charge in [0.2, 0.25) is 0 Å². The van der Waals surface area contributed by atoms with Crippen LogP contribution in [-0.4, -0.2) is 66.0 Å². The summed E-state index contributed by atoms with van der Waals surface area (Å²) in [6.45, 7) is 8.31. The summed E-state index contributed by atoms with van der Waals surface area (Å²) in [5.74, 6) is 0.407. The fourth-order valence-corrected chi connectivity index (χ4v) is 5.60. The number of pyridine rings is 1. The van der Waals surface area contributed by atoms with E-state index in [-0.39, 0.29) is 22.2 Å². The maximum atomic E-state index is 13.6. The molecule has 1 aliphatic heterocycles. The zero-order valence-electron chi connectivity index (χ0n) is 26.3. The van der Waals surface area contributed by atoms with Gasteiger partial charge in [0.15, 0.2) is 0 Å². The monoisotopic (exact) mass is 623 g/mol. The molecule has 5 aromatic rings. The lowest BCUT2D eigenvalue weighted by Gasteiger charge is -2.31. The topological polar surface area (TPSA) is 148 Å². The predicted octanol–water partition coefficient (Wildman–Crippen LogP) is 3.40. The van der Waals surface area contributed by atoms with E-state index in [0.29, 0.717) is 65.6 Å². The minimum absolute atomic E-state index is 0.0804. The van der Waals surface area contributed by atoms with Gasteiger partial charge in [0.1, 0.15) is 17.7 Å². The van der Waals surface area contributed by atoms with E-state index in [2.05, 4.69) is 41.3 Å². The Morgan fingerprint density at radius 3 is 2.48 bits per heavy atom. The molecule has 0 radical (unpaired) electrons. The molecule has 46 heavy (non-hydrogen) atoms. The van der Waals surface area contributed by atoms with Crippen molar-refractivity contribution in [3.8, 4) is 16.9 Å². The van der Waals surface area contributed by atoms with Crippen molar-refractivity contribution < 1.29 is 14.9 Å². The van der Waals surface area contributed by atoms with Crippen LogP contribution in [0.1, 0.15) is 43.7 Å². The van der Waals surface area contributed by atoms with E-state index in [1.807, 2.05) is 23.1 Å². The first-order valence-electron chi connectivity index (χ1n) is 15.1. The molecule has 1 atom stereocenters. The Bertz CT molecular complexity index is 2010. The highest BCUT2D eigenvalue weighted by atomic mass is 16.5. The Morgan fingerprint density at radius 1 is 1.00 bits per heavy atom. The number of aryl methyl sites for hydroxylation is 1. The van der Waals surface area contributed by atoms with Crippen LogP contribution in [0.5, 0.6) is 0 Å². The van der Waals surface area contributed by atoms with Crippen LogP contribution in [0.3, 0.4) is 0 Å². The minimum atomic E-state index is -0.805. The second kappa shape index (κ2) is 12.6. The number of rotatable bonds is 7. The molecular formula is C34H37N7O5. The number of nitrogens with zero attached hydrogens (tertiary/aromatic N) is 6. The van der Waals surface area contributed by atoms with Gasteiger partial charge in [-0.05, 0) is 47.4 Å². The Hall–Kier alpha value is -4.75. The van der Waals surface area contributed by atoms with E-state index in [9.17, 15) is 19.8 Å². The van der Waals surface area contributed by atoms with Gasteiger partial charge in [0.05, 0.1) is 42.8 Å². The summed E-state index contributed by atoms with van der Waals surface area (Å²) in [5.41, 5.74) is 2.94. The van der Waals surface area contributed by atoms with Crippen molar-refractivity contribution in [1.82, 2.24) is 29.4 Å². The van der Waals surface area contributed by atoms with E-state index < -0.39 is 12.8 Å². The van der Waals surface area contributed by atoms with E-state index in [1.165, 1.54) is 16.4 Å². The number of nitrogens with one attached hydrogen (secondary N) is 1.